The van der Waals surface area contributed by atoms with E-state index in [1.165, 1.54) is 0 Å². The van der Waals surface area contributed by atoms with Gasteiger partial charge in [0.2, 0.25) is 21.2 Å². The number of sulfonamides is 1. The van der Waals surface area contributed by atoms with E-state index in [1.807, 2.05) is 0 Å². The van der Waals surface area contributed by atoms with Gasteiger partial charge in [0.1, 0.15) is 0 Å². The van der Waals surface area contributed by atoms with Gasteiger partial charge in [-0.15, -0.1) is 0 Å². The maximum absolute atomic E-state index is 13.5. The number of hydrogen-bond acceptors (Lipinski definition) is 5. The molecule has 1 aliphatic heterocycles. The highest BCUT2D eigenvalue weighted by Crippen LogP contribution is 2.26. The van der Waals surface area contributed by atoms with Gasteiger partial charge < -0.3 is 0 Å². The van der Waals surface area contributed by atoms with E-state index < -0.39 is 27.7 Å². The lowest BCUT2D eigenvalue weighted by Crippen LogP contribution is -2.29. The number of anilines is 1. The molecule has 1 aliphatic rings. The Labute approximate surface area is 113 Å². The van der Waals surface area contributed by atoms with Crippen LogP contribution in [-0.4, -0.2) is 36.6 Å². The molecule has 2 heterocycles. The average Bonchev–Trinajstić information content (AvgIpc) is 2.60. The van der Waals surface area contributed by atoms with Crippen molar-refractivity contribution in [3.05, 3.63) is 17.3 Å². The second kappa shape index (κ2) is 4.99. The molecule has 0 bridgehead atoms. The van der Waals surface area contributed by atoms with E-state index in [0.29, 0.717) is 0 Å². The van der Waals surface area contributed by atoms with Crippen LogP contribution in [0.2, 0.25) is 5.28 Å². The number of rotatable bonds is 3. The number of amides is 1. The van der Waals surface area contributed by atoms with Crippen LogP contribution in [0.25, 0.3) is 0 Å². The number of nitrogens with two attached hydrogens (primary N) is 1. The number of carbonyl (C=O) groups excluding carboxylic acids is 1. The van der Waals surface area contributed by atoms with Crippen molar-refractivity contribution < 1.29 is 17.6 Å². The fourth-order valence-electron chi connectivity index (χ4n) is 1.95. The van der Waals surface area contributed by atoms with E-state index in [2.05, 4.69) is 9.97 Å². The highest BCUT2D eigenvalue weighted by molar-refractivity contribution is 7.89. The molecule has 2 rings (SSSR count). The number of carbonyl (C=O) groups is 1. The maximum atomic E-state index is 13.5. The fraction of sp³-hybridized carbons (Fsp3) is 0.444. The number of nitrogens with zero attached hydrogens (tertiary/aromatic N) is 3. The standard InChI is InChI=1S/C9H10ClFN4O3S/c10-9-13-2-6(11)8(14-9)15-3-5(1-7(15)16)4-19(12,17)18/h2,5H,1,3-4H2,(H2,12,17,18). The van der Waals surface area contributed by atoms with Crippen molar-refractivity contribution in [3.63, 3.8) is 0 Å². The van der Waals surface area contributed by atoms with E-state index in [1.54, 1.807) is 0 Å². The zero-order chi connectivity index (χ0) is 14.2. The summed E-state index contributed by atoms with van der Waals surface area (Å²) in [6.45, 7) is 0.0273. The highest BCUT2D eigenvalue weighted by Gasteiger charge is 2.35. The molecule has 0 spiro atoms. The SMILES string of the molecule is NS(=O)(=O)CC1CC(=O)N(c2nc(Cl)ncc2F)C1. The minimum Gasteiger partial charge on any atom is -0.294 e. The van der Waals surface area contributed by atoms with Crippen LogP contribution < -0.4 is 10.0 Å². The van der Waals surface area contributed by atoms with Gasteiger partial charge in [0.15, 0.2) is 11.6 Å². The molecule has 1 saturated heterocycles. The fourth-order valence-corrected chi connectivity index (χ4v) is 2.96. The van der Waals surface area contributed by atoms with Crippen molar-refractivity contribution in [2.24, 2.45) is 11.1 Å². The molecule has 1 unspecified atom stereocenters. The van der Waals surface area contributed by atoms with Crippen molar-refractivity contribution in [1.82, 2.24) is 9.97 Å². The predicted molar refractivity (Wildman–Crippen MR) is 65.4 cm³/mol. The van der Waals surface area contributed by atoms with Crippen LogP contribution >= 0.6 is 11.6 Å². The van der Waals surface area contributed by atoms with Crippen LogP contribution in [0.5, 0.6) is 0 Å². The summed E-state index contributed by atoms with van der Waals surface area (Å²) in [6.07, 6.45) is 0.822. The Bertz CT molecular complexity index is 624. The van der Waals surface area contributed by atoms with Crippen LogP contribution in [0, 0.1) is 11.7 Å². The molecule has 2 N–H and O–H groups in total. The molecule has 0 radical (unpaired) electrons. The Hall–Kier alpha value is -1.32. The molecule has 1 aromatic rings. The summed E-state index contributed by atoms with van der Waals surface area (Å²) in [4.78, 5) is 19.9. The zero-order valence-corrected chi connectivity index (χ0v) is 11.2. The van der Waals surface area contributed by atoms with Gasteiger partial charge in [-0.05, 0) is 11.6 Å². The van der Waals surface area contributed by atoms with E-state index >= 15 is 0 Å². The molecule has 1 atom stereocenters. The van der Waals surface area contributed by atoms with Gasteiger partial charge in [0, 0.05) is 18.9 Å². The molecule has 0 saturated carbocycles. The molecule has 0 aromatic carbocycles. The summed E-state index contributed by atoms with van der Waals surface area (Å²) in [5.41, 5.74) is 0. The summed E-state index contributed by atoms with van der Waals surface area (Å²) in [6, 6.07) is 0. The van der Waals surface area contributed by atoms with Crippen molar-refractivity contribution >= 4 is 33.3 Å². The monoisotopic (exact) mass is 308 g/mol. The summed E-state index contributed by atoms with van der Waals surface area (Å²) in [5, 5.41) is 4.73. The molecule has 7 nitrogen and oxygen atoms in total. The third-order valence-electron chi connectivity index (χ3n) is 2.63. The summed E-state index contributed by atoms with van der Waals surface area (Å²) in [5.74, 6) is -2.30. The Kier molecular flexibility index (Phi) is 3.70. The topological polar surface area (TPSA) is 106 Å². The Morgan fingerprint density at radius 1 is 1.58 bits per heavy atom. The van der Waals surface area contributed by atoms with Gasteiger partial charge in [-0.1, -0.05) is 0 Å². The highest BCUT2D eigenvalue weighted by atomic mass is 35.5. The quantitative estimate of drug-likeness (QED) is 0.785. The van der Waals surface area contributed by atoms with Crippen LogP contribution in [-0.2, 0) is 14.8 Å². The number of aromatic nitrogens is 2. The van der Waals surface area contributed by atoms with Crippen LogP contribution in [0.3, 0.4) is 0 Å². The molecule has 10 heteroatoms. The van der Waals surface area contributed by atoms with Crippen LogP contribution in [0.1, 0.15) is 6.42 Å². The van der Waals surface area contributed by atoms with E-state index in [4.69, 9.17) is 16.7 Å². The Morgan fingerprint density at radius 3 is 2.89 bits per heavy atom. The van der Waals surface area contributed by atoms with Crippen molar-refractivity contribution in [3.8, 4) is 0 Å². The molecular weight excluding hydrogens is 299 g/mol. The van der Waals surface area contributed by atoms with E-state index in [9.17, 15) is 17.6 Å². The maximum Gasteiger partial charge on any atom is 0.228 e. The molecular formula is C9H10ClFN4O3S. The van der Waals surface area contributed by atoms with Gasteiger partial charge in [-0.3, -0.25) is 9.69 Å². The minimum atomic E-state index is -3.69. The molecule has 19 heavy (non-hydrogen) atoms. The first-order chi connectivity index (χ1) is 8.76. The third-order valence-corrected chi connectivity index (χ3v) is 3.74. The first-order valence-corrected chi connectivity index (χ1v) is 7.34. The van der Waals surface area contributed by atoms with Crippen molar-refractivity contribution in [2.75, 3.05) is 17.2 Å². The van der Waals surface area contributed by atoms with Gasteiger partial charge >= 0.3 is 0 Å². The normalized spacial score (nSPS) is 20.1. The number of hydrogen-bond donors (Lipinski definition) is 1. The van der Waals surface area contributed by atoms with Crippen LogP contribution in [0.4, 0.5) is 10.2 Å². The molecule has 1 amide bonds. The van der Waals surface area contributed by atoms with Gasteiger partial charge in [0.05, 0.1) is 11.9 Å². The van der Waals surface area contributed by atoms with E-state index in [-0.39, 0.29) is 29.8 Å². The van der Waals surface area contributed by atoms with Crippen LogP contribution in [0.15, 0.2) is 6.20 Å². The number of primary sulfonamides is 1. The predicted octanol–water partition coefficient (Wildman–Crippen LogP) is -0.0895. The first-order valence-electron chi connectivity index (χ1n) is 5.25. The molecule has 0 aliphatic carbocycles. The zero-order valence-electron chi connectivity index (χ0n) is 9.58. The second-order valence-corrected chi connectivity index (χ2v) is 6.21. The van der Waals surface area contributed by atoms with Gasteiger partial charge in [-0.2, -0.15) is 4.98 Å². The lowest BCUT2D eigenvalue weighted by atomic mass is 10.1. The van der Waals surface area contributed by atoms with Gasteiger partial charge in [0.25, 0.3) is 0 Å². The lowest BCUT2D eigenvalue weighted by Gasteiger charge is -2.15. The smallest absolute Gasteiger partial charge is 0.228 e. The van der Waals surface area contributed by atoms with Crippen molar-refractivity contribution in [1.29, 1.82) is 0 Å². The van der Waals surface area contributed by atoms with Gasteiger partial charge in [-0.25, -0.2) is 22.9 Å². The Balaban J connectivity index is 2.23. The molecule has 104 valence electrons. The summed E-state index contributed by atoms with van der Waals surface area (Å²) >= 11 is 5.54. The Morgan fingerprint density at radius 2 is 2.26 bits per heavy atom. The summed E-state index contributed by atoms with van der Waals surface area (Å²) in [7, 11) is -3.69. The minimum absolute atomic E-state index is 0.0273. The first kappa shape index (κ1) is 14.1. The molecule has 1 fully saturated rings. The van der Waals surface area contributed by atoms with E-state index in [0.717, 1.165) is 11.1 Å². The third kappa shape index (κ3) is 3.37. The molecule has 1 aromatic heterocycles. The average molecular weight is 309 g/mol. The second-order valence-electron chi connectivity index (χ2n) is 4.21. The summed E-state index contributed by atoms with van der Waals surface area (Å²) < 4.78 is 35.5. The van der Waals surface area contributed by atoms with Crippen molar-refractivity contribution in [2.45, 2.75) is 6.42 Å². The largest absolute Gasteiger partial charge is 0.294 e. The number of halogens is 2. The lowest BCUT2D eigenvalue weighted by molar-refractivity contribution is -0.117.